The van der Waals surface area contributed by atoms with Crippen molar-refractivity contribution in [1.29, 1.82) is 0 Å². The minimum atomic E-state index is -1.22. The van der Waals surface area contributed by atoms with Crippen molar-refractivity contribution < 1.29 is 28.8 Å². The number of allylic oxidation sites excluding steroid dienone is 2. The van der Waals surface area contributed by atoms with Crippen LogP contribution in [0.5, 0.6) is 11.5 Å². The van der Waals surface area contributed by atoms with Gasteiger partial charge in [-0.15, -0.1) is 6.58 Å². The number of carbonyl (C=O) groups is 1. The van der Waals surface area contributed by atoms with Crippen LogP contribution >= 0.6 is 0 Å². The third-order valence-electron chi connectivity index (χ3n) is 5.75. The van der Waals surface area contributed by atoms with Gasteiger partial charge in [-0.3, -0.25) is 4.79 Å². The summed E-state index contributed by atoms with van der Waals surface area (Å²) in [7, 11) is 4.62. The highest BCUT2D eigenvalue weighted by atomic mass is 16.7. The zero-order chi connectivity index (χ0) is 19.8. The fourth-order valence-electron chi connectivity index (χ4n) is 4.29. The molecular formula is C21H26O6. The Labute approximate surface area is 159 Å². The molecule has 0 aromatic heterocycles. The highest BCUT2D eigenvalue weighted by molar-refractivity contribution is 5.97. The maximum atomic E-state index is 12.7. The number of hydrogen-bond acceptors (Lipinski definition) is 6. The molecular weight excluding hydrogens is 348 g/mol. The number of aromatic hydroxyl groups is 1. The summed E-state index contributed by atoms with van der Waals surface area (Å²) < 4.78 is 23.3. The molecule has 0 bridgehead atoms. The minimum Gasteiger partial charge on any atom is -0.504 e. The molecule has 6 nitrogen and oxygen atoms in total. The van der Waals surface area contributed by atoms with Gasteiger partial charge in [0.2, 0.25) is 5.79 Å². The highest BCUT2D eigenvalue weighted by Gasteiger charge is 2.67. The van der Waals surface area contributed by atoms with E-state index in [1.54, 1.807) is 31.4 Å². The normalized spacial score (nSPS) is 32.7. The fourth-order valence-corrected chi connectivity index (χ4v) is 4.29. The van der Waals surface area contributed by atoms with Crippen molar-refractivity contribution >= 4 is 5.78 Å². The van der Waals surface area contributed by atoms with E-state index >= 15 is 0 Å². The van der Waals surface area contributed by atoms with Crippen LogP contribution in [0.15, 0.2) is 42.5 Å². The number of rotatable bonds is 6. The van der Waals surface area contributed by atoms with Crippen LogP contribution in [0.1, 0.15) is 31.4 Å². The van der Waals surface area contributed by atoms with Gasteiger partial charge >= 0.3 is 0 Å². The molecule has 1 fully saturated rings. The van der Waals surface area contributed by atoms with Gasteiger partial charge in [0.25, 0.3) is 0 Å². The average Bonchev–Trinajstić information content (AvgIpc) is 2.92. The summed E-state index contributed by atoms with van der Waals surface area (Å²) in [6.45, 7) is 5.74. The van der Waals surface area contributed by atoms with Crippen molar-refractivity contribution in [1.82, 2.24) is 0 Å². The van der Waals surface area contributed by atoms with Crippen molar-refractivity contribution in [2.75, 3.05) is 21.3 Å². The second-order valence-electron chi connectivity index (χ2n) is 6.98. The van der Waals surface area contributed by atoms with Crippen LogP contribution in [0.4, 0.5) is 0 Å². The average molecular weight is 374 g/mol. The van der Waals surface area contributed by atoms with E-state index in [0.717, 1.165) is 5.56 Å². The summed E-state index contributed by atoms with van der Waals surface area (Å²) in [5.41, 5.74) is 0.536. The first-order chi connectivity index (χ1) is 12.9. The fraction of sp³-hybridized carbons (Fsp3) is 0.476. The highest BCUT2D eigenvalue weighted by Crippen LogP contribution is 2.57. The molecule has 1 heterocycles. The molecule has 6 heteroatoms. The molecule has 146 valence electrons. The van der Waals surface area contributed by atoms with E-state index in [9.17, 15) is 9.90 Å². The molecule has 27 heavy (non-hydrogen) atoms. The molecule has 0 amide bonds. The third kappa shape index (κ3) is 2.79. The number of ketones is 1. The number of Topliss-reactive ketones (excluding diaryl/α,β-unsaturated/α-hetero) is 1. The molecule has 0 radical (unpaired) electrons. The first-order valence-corrected chi connectivity index (χ1v) is 8.89. The first kappa shape index (κ1) is 19.6. The maximum Gasteiger partial charge on any atom is 0.209 e. The van der Waals surface area contributed by atoms with E-state index in [2.05, 4.69) is 6.58 Å². The number of carbonyl (C=O) groups excluding carboxylic acids is 1. The number of benzene rings is 1. The molecule has 1 aromatic carbocycles. The summed E-state index contributed by atoms with van der Waals surface area (Å²) in [5, 5.41) is 9.89. The van der Waals surface area contributed by atoms with E-state index in [1.807, 2.05) is 13.0 Å². The maximum absolute atomic E-state index is 12.7. The van der Waals surface area contributed by atoms with Crippen LogP contribution in [0.25, 0.3) is 0 Å². The SMILES string of the molecule is C=CCC1=CC2(OC)C(C)C(c3ccc(O)c(OC)c3)OC2(OC)CC1=O. The molecule has 1 N–H and O–H groups in total. The van der Waals surface area contributed by atoms with Gasteiger partial charge in [0.05, 0.1) is 19.6 Å². The Bertz CT molecular complexity index is 785. The summed E-state index contributed by atoms with van der Waals surface area (Å²) in [5.74, 6) is -1.02. The Kier molecular flexibility index (Phi) is 5.16. The van der Waals surface area contributed by atoms with Crippen LogP contribution in [-0.2, 0) is 19.0 Å². The summed E-state index contributed by atoms with van der Waals surface area (Å²) >= 11 is 0. The molecule has 0 saturated carbocycles. The van der Waals surface area contributed by atoms with Crippen LogP contribution < -0.4 is 4.74 Å². The Hall–Kier alpha value is -2.15. The number of fused-ring (bicyclic) bond motifs is 1. The van der Waals surface area contributed by atoms with Crippen molar-refractivity contribution in [3.05, 3.63) is 48.1 Å². The van der Waals surface area contributed by atoms with E-state index in [1.165, 1.54) is 14.2 Å². The van der Waals surface area contributed by atoms with Crippen molar-refractivity contribution in [2.45, 2.75) is 37.3 Å². The van der Waals surface area contributed by atoms with Gasteiger partial charge in [-0.2, -0.15) is 0 Å². The Morgan fingerprint density at radius 2 is 2.07 bits per heavy atom. The van der Waals surface area contributed by atoms with Gasteiger partial charge in [-0.05, 0) is 35.8 Å². The molecule has 4 atom stereocenters. The first-order valence-electron chi connectivity index (χ1n) is 8.89. The number of phenolic OH excluding ortho intramolecular Hbond substituents is 1. The monoisotopic (exact) mass is 374 g/mol. The molecule has 3 rings (SSSR count). The Morgan fingerprint density at radius 3 is 2.67 bits per heavy atom. The van der Waals surface area contributed by atoms with E-state index in [0.29, 0.717) is 17.7 Å². The van der Waals surface area contributed by atoms with Gasteiger partial charge in [0, 0.05) is 20.1 Å². The third-order valence-corrected chi connectivity index (χ3v) is 5.75. The summed E-state index contributed by atoms with van der Waals surface area (Å²) in [4.78, 5) is 12.7. The van der Waals surface area contributed by atoms with Crippen molar-refractivity contribution in [3.8, 4) is 11.5 Å². The molecule has 4 unspecified atom stereocenters. The van der Waals surface area contributed by atoms with Gasteiger partial charge in [-0.25, -0.2) is 0 Å². The topological polar surface area (TPSA) is 74.2 Å². The second kappa shape index (κ2) is 7.11. The number of methoxy groups -OCH3 is 3. The number of hydrogen-bond donors (Lipinski definition) is 1. The lowest BCUT2D eigenvalue weighted by molar-refractivity contribution is -0.274. The van der Waals surface area contributed by atoms with Gasteiger partial charge < -0.3 is 24.1 Å². The van der Waals surface area contributed by atoms with Crippen LogP contribution in [0, 0.1) is 5.92 Å². The Balaban J connectivity index is 2.11. The predicted molar refractivity (Wildman–Crippen MR) is 99.6 cm³/mol. The van der Waals surface area contributed by atoms with Crippen molar-refractivity contribution in [3.63, 3.8) is 0 Å². The van der Waals surface area contributed by atoms with E-state index in [4.69, 9.17) is 18.9 Å². The molecule has 0 spiro atoms. The molecule has 1 saturated heterocycles. The lowest BCUT2D eigenvalue weighted by Gasteiger charge is -2.44. The minimum absolute atomic E-state index is 0.0411. The molecule has 1 aliphatic heterocycles. The predicted octanol–water partition coefficient (Wildman–Crippen LogP) is 3.31. The zero-order valence-corrected chi connectivity index (χ0v) is 16.2. The quantitative estimate of drug-likeness (QED) is 0.770. The lowest BCUT2D eigenvalue weighted by Crippen LogP contribution is -2.58. The number of ether oxygens (including phenoxy) is 4. The number of phenols is 1. The van der Waals surface area contributed by atoms with Gasteiger partial charge in [0.1, 0.15) is 5.60 Å². The zero-order valence-electron chi connectivity index (χ0n) is 16.2. The van der Waals surface area contributed by atoms with Crippen LogP contribution in [-0.4, -0.2) is 43.6 Å². The lowest BCUT2D eigenvalue weighted by atomic mass is 9.72. The van der Waals surface area contributed by atoms with Crippen LogP contribution in [0.2, 0.25) is 0 Å². The van der Waals surface area contributed by atoms with Gasteiger partial charge in [-0.1, -0.05) is 19.1 Å². The largest absolute Gasteiger partial charge is 0.504 e. The van der Waals surface area contributed by atoms with Crippen LogP contribution in [0.3, 0.4) is 0 Å². The standard InChI is InChI=1S/C21H26O6/c1-6-7-15-11-20(25-4)13(2)19(27-21(20,26-5)12-17(15)23)14-8-9-16(22)18(10-14)24-3/h6,8-11,13,19,22H,1,7,12H2,2-5H3. The molecule has 2 aliphatic rings. The second-order valence-corrected chi connectivity index (χ2v) is 6.98. The summed E-state index contributed by atoms with van der Waals surface area (Å²) in [6, 6.07) is 5.07. The van der Waals surface area contributed by atoms with E-state index in [-0.39, 0.29) is 23.9 Å². The molecule has 1 aliphatic carbocycles. The smallest absolute Gasteiger partial charge is 0.209 e. The Morgan fingerprint density at radius 1 is 1.33 bits per heavy atom. The van der Waals surface area contributed by atoms with Crippen molar-refractivity contribution in [2.24, 2.45) is 5.92 Å². The van der Waals surface area contributed by atoms with E-state index < -0.39 is 17.5 Å². The summed E-state index contributed by atoms with van der Waals surface area (Å²) in [6.07, 6.45) is 3.66. The van der Waals surface area contributed by atoms with Gasteiger partial charge in [0.15, 0.2) is 17.3 Å². The molecule has 1 aromatic rings.